The van der Waals surface area contributed by atoms with E-state index in [1.165, 1.54) is 36.2 Å². The first kappa shape index (κ1) is 12.7. The predicted molar refractivity (Wildman–Crippen MR) is 75.8 cm³/mol. The van der Waals surface area contributed by atoms with Gasteiger partial charge in [-0.3, -0.25) is 0 Å². The summed E-state index contributed by atoms with van der Waals surface area (Å²) in [6.07, 6.45) is 5.71. The van der Waals surface area contributed by atoms with Gasteiger partial charge in [-0.05, 0) is 37.3 Å². The van der Waals surface area contributed by atoms with Crippen molar-refractivity contribution in [1.82, 2.24) is 0 Å². The second kappa shape index (κ2) is 5.79. The van der Waals surface area contributed by atoms with E-state index < -0.39 is 0 Å². The fourth-order valence-electron chi connectivity index (χ4n) is 3.26. The monoisotopic (exact) mass is 258 g/mol. The summed E-state index contributed by atoms with van der Waals surface area (Å²) in [6.45, 7) is 2.75. The summed E-state index contributed by atoms with van der Waals surface area (Å²) in [5.74, 6) is 1.70. The van der Waals surface area contributed by atoms with Crippen molar-refractivity contribution in [1.29, 1.82) is 0 Å². The molecule has 2 heteroatoms. The first-order chi connectivity index (χ1) is 9.38. The highest BCUT2D eigenvalue weighted by atomic mass is 16.7. The molecule has 1 aromatic carbocycles. The van der Waals surface area contributed by atoms with Crippen LogP contribution in [0.1, 0.15) is 50.5 Å². The highest BCUT2D eigenvalue weighted by molar-refractivity contribution is 5.33. The summed E-state index contributed by atoms with van der Waals surface area (Å²) in [6, 6.07) is 10.8. The van der Waals surface area contributed by atoms with Crippen LogP contribution in [0.4, 0.5) is 0 Å². The third-order valence-electron chi connectivity index (χ3n) is 4.14. The molecule has 1 aliphatic carbocycles. The molecule has 2 atom stereocenters. The van der Waals surface area contributed by atoms with Gasteiger partial charge in [-0.25, -0.2) is 0 Å². The van der Waals surface area contributed by atoms with Crippen LogP contribution in [0.25, 0.3) is 0 Å². The Morgan fingerprint density at radius 1 is 1.16 bits per heavy atom. The van der Waals surface area contributed by atoms with Gasteiger partial charge in [0.15, 0.2) is 6.29 Å². The number of hydrogen-bond acceptors (Lipinski definition) is 2. The van der Waals surface area contributed by atoms with Crippen molar-refractivity contribution in [2.24, 2.45) is 0 Å². The molecule has 3 rings (SSSR count). The van der Waals surface area contributed by atoms with E-state index in [9.17, 15) is 0 Å². The van der Waals surface area contributed by atoms with Crippen molar-refractivity contribution >= 4 is 0 Å². The van der Waals surface area contributed by atoms with Crippen molar-refractivity contribution in [2.45, 2.75) is 51.2 Å². The topological polar surface area (TPSA) is 18.5 Å². The van der Waals surface area contributed by atoms with Gasteiger partial charge < -0.3 is 9.47 Å². The summed E-state index contributed by atoms with van der Waals surface area (Å²) in [4.78, 5) is 0. The van der Waals surface area contributed by atoms with E-state index in [1.807, 2.05) is 6.92 Å². The lowest BCUT2D eigenvalue weighted by molar-refractivity contribution is -0.130. The fourth-order valence-corrected chi connectivity index (χ4v) is 3.26. The zero-order valence-corrected chi connectivity index (χ0v) is 11.6. The SMILES string of the molecule is CCOC1CC(c2ccccc2)C2=C(CCCC2)O1. The molecule has 1 heterocycles. The number of ether oxygens (including phenoxy) is 2. The quantitative estimate of drug-likeness (QED) is 0.801. The molecule has 1 aromatic rings. The molecule has 0 aromatic heterocycles. The highest BCUT2D eigenvalue weighted by Crippen LogP contribution is 2.43. The molecular weight excluding hydrogens is 236 g/mol. The van der Waals surface area contributed by atoms with Gasteiger partial charge in [0.1, 0.15) is 0 Å². The van der Waals surface area contributed by atoms with Crippen molar-refractivity contribution in [3.8, 4) is 0 Å². The van der Waals surface area contributed by atoms with Crippen LogP contribution in [-0.2, 0) is 9.47 Å². The van der Waals surface area contributed by atoms with Crippen LogP contribution in [0, 0.1) is 0 Å². The molecule has 0 saturated carbocycles. The lowest BCUT2D eigenvalue weighted by Gasteiger charge is -2.36. The molecule has 0 amide bonds. The zero-order valence-electron chi connectivity index (χ0n) is 11.6. The van der Waals surface area contributed by atoms with E-state index in [2.05, 4.69) is 30.3 Å². The molecule has 2 nitrogen and oxygen atoms in total. The Balaban J connectivity index is 1.91. The van der Waals surface area contributed by atoms with Crippen LogP contribution in [-0.4, -0.2) is 12.9 Å². The predicted octanol–water partition coefficient (Wildman–Crippen LogP) is 4.38. The Kier molecular flexibility index (Phi) is 3.88. The van der Waals surface area contributed by atoms with Crippen LogP contribution < -0.4 is 0 Å². The van der Waals surface area contributed by atoms with Crippen molar-refractivity contribution in [3.05, 3.63) is 47.2 Å². The van der Waals surface area contributed by atoms with Gasteiger partial charge in [0, 0.05) is 25.4 Å². The van der Waals surface area contributed by atoms with E-state index in [-0.39, 0.29) is 6.29 Å². The lowest BCUT2D eigenvalue weighted by atomic mass is 9.80. The minimum atomic E-state index is -0.0629. The summed E-state index contributed by atoms with van der Waals surface area (Å²) >= 11 is 0. The van der Waals surface area contributed by atoms with Crippen LogP contribution >= 0.6 is 0 Å². The summed E-state index contributed by atoms with van der Waals surface area (Å²) in [7, 11) is 0. The largest absolute Gasteiger partial charge is 0.469 e. The molecule has 0 N–H and O–H groups in total. The Bertz CT molecular complexity index is 450. The fraction of sp³-hybridized carbons (Fsp3) is 0.529. The standard InChI is InChI=1S/C17H22O2/c1-2-18-17-12-15(13-8-4-3-5-9-13)14-10-6-7-11-16(14)19-17/h3-5,8-9,15,17H,2,6-7,10-12H2,1H3. The normalized spacial score (nSPS) is 26.8. The van der Waals surface area contributed by atoms with Gasteiger partial charge in [0.05, 0.1) is 5.76 Å². The molecule has 19 heavy (non-hydrogen) atoms. The lowest BCUT2D eigenvalue weighted by Crippen LogP contribution is -2.28. The van der Waals surface area contributed by atoms with Gasteiger partial charge in [0.25, 0.3) is 0 Å². The van der Waals surface area contributed by atoms with Gasteiger partial charge in [-0.2, -0.15) is 0 Å². The maximum atomic E-state index is 6.04. The molecule has 0 fully saturated rings. The van der Waals surface area contributed by atoms with E-state index >= 15 is 0 Å². The molecule has 2 aliphatic rings. The van der Waals surface area contributed by atoms with E-state index in [0.717, 1.165) is 19.4 Å². The van der Waals surface area contributed by atoms with Gasteiger partial charge in [-0.15, -0.1) is 0 Å². The van der Waals surface area contributed by atoms with E-state index in [4.69, 9.17) is 9.47 Å². The Hall–Kier alpha value is -1.28. The van der Waals surface area contributed by atoms with Crippen molar-refractivity contribution in [2.75, 3.05) is 6.61 Å². The molecule has 102 valence electrons. The van der Waals surface area contributed by atoms with E-state index in [1.54, 1.807) is 0 Å². The van der Waals surface area contributed by atoms with Crippen molar-refractivity contribution < 1.29 is 9.47 Å². The van der Waals surface area contributed by atoms with Crippen LogP contribution in [0.5, 0.6) is 0 Å². The number of benzene rings is 1. The molecule has 0 radical (unpaired) electrons. The Morgan fingerprint density at radius 3 is 2.74 bits per heavy atom. The van der Waals surface area contributed by atoms with Gasteiger partial charge >= 0.3 is 0 Å². The summed E-state index contributed by atoms with van der Waals surface area (Å²) < 4.78 is 11.8. The third kappa shape index (κ3) is 2.69. The van der Waals surface area contributed by atoms with Crippen LogP contribution in [0.3, 0.4) is 0 Å². The third-order valence-corrected chi connectivity index (χ3v) is 4.14. The smallest absolute Gasteiger partial charge is 0.200 e. The highest BCUT2D eigenvalue weighted by Gasteiger charge is 2.32. The van der Waals surface area contributed by atoms with E-state index in [0.29, 0.717) is 5.92 Å². The minimum Gasteiger partial charge on any atom is -0.469 e. The van der Waals surface area contributed by atoms with Gasteiger partial charge in [-0.1, -0.05) is 30.3 Å². The maximum Gasteiger partial charge on any atom is 0.200 e. The van der Waals surface area contributed by atoms with Crippen LogP contribution in [0.2, 0.25) is 0 Å². The number of hydrogen-bond donors (Lipinski definition) is 0. The Labute approximate surface area is 115 Å². The minimum absolute atomic E-state index is 0.0629. The molecule has 2 unspecified atom stereocenters. The molecule has 1 aliphatic heterocycles. The molecule has 0 saturated heterocycles. The summed E-state index contributed by atoms with van der Waals surface area (Å²) in [5.41, 5.74) is 2.93. The van der Waals surface area contributed by atoms with Gasteiger partial charge in [0.2, 0.25) is 0 Å². The number of rotatable bonds is 3. The van der Waals surface area contributed by atoms with Crippen LogP contribution in [0.15, 0.2) is 41.7 Å². The molecular formula is C17H22O2. The maximum absolute atomic E-state index is 6.04. The summed E-state index contributed by atoms with van der Waals surface area (Å²) in [5, 5.41) is 0. The second-order valence-electron chi connectivity index (χ2n) is 5.36. The average Bonchev–Trinajstić information content (AvgIpc) is 2.48. The molecule has 0 spiro atoms. The molecule has 0 bridgehead atoms. The first-order valence-electron chi connectivity index (χ1n) is 7.43. The average molecular weight is 258 g/mol. The number of allylic oxidation sites excluding steroid dienone is 2. The zero-order chi connectivity index (χ0) is 13.1. The second-order valence-corrected chi connectivity index (χ2v) is 5.36. The first-order valence-corrected chi connectivity index (χ1v) is 7.43. The Morgan fingerprint density at radius 2 is 1.95 bits per heavy atom. The van der Waals surface area contributed by atoms with Crippen molar-refractivity contribution in [3.63, 3.8) is 0 Å².